The second-order valence-electron chi connectivity index (χ2n) is 8.72. The van der Waals surface area contributed by atoms with Crippen LogP contribution in [0.4, 0.5) is 4.79 Å². The Hall–Kier alpha value is -3.31. The molecular formula is C24H33N3O9. The van der Waals surface area contributed by atoms with Crippen LogP contribution >= 0.6 is 0 Å². The molecule has 1 aliphatic heterocycles. The fourth-order valence-electron chi connectivity index (χ4n) is 3.45. The quantitative estimate of drug-likeness (QED) is 0.163. The van der Waals surface area contributed by atoms with Gasteiger partial charge in [-0.3, -0.25) is 4.79 Å². The number of ketones is 1. The van der Waals surface area contributed by atoms with Crippen molar-refractivity contribution in [3.8, 4) is 5.75 Å². The van der Waals surface area contributed by atoms with Gasteiger partial charge in [-0.25, -0.2) is 9.59 Å². The van der Waals surface area contributed by atoms with Gasteiger partial charge in [0.25, 0.3) is 0 Å². The van der Waals surface area contributed by atoms with Crippen LogP contribution in [0.25, 0.3) is 5.53 Å². The van der Waals surface area contributed by atoms with Gasteiger partial charge in [-0.2, -0.15) is 4.79 Å². The maximum atomic E-state index is 12.3. The van der Waals surface area contributed by atoms with E-state index >= 15 is 0 Å². The van der Waals surface area contributed by atoms with Crippen LogP contribution in [-0.4, -0.2) is 76.3 Å². The first-order valence-electron chi connectivity index (χ1n) is 11.7. The molecule has 1 fully saturated rings. The van der Waals surface area contributed by atoms with Gasteiger partial charge in [0.1, 0.15) is 18.4 Å². The minimum atomic E-state index is -1.12. The lowest BCUT2D eigenvalue weighted by Crippen LogP contribution is -2.46. The Balaban J connectivity index is 1.88. The van der Waals surface area contributed by atoms with Crippen molar-refractivity contribution < 1.29 is 48.3 Å². The Labute approximate surface area is 209 Å². The van der Waals surface area contributed by atoms with Gasteiger partial charge in [-0.1, -0.05) is 19.1 Å². The molecule has 5 atom stereocenters. The van der Waals surface area contributed by atoms with Crippen molar-refractivity contribution in [2.75, 3.05) is 6.61 Å². The normalized spacial score (nSPS) is 22.2. The second kappa shape index (κ2) is 14.3. The van der Waals surface area contributed by atoms with Crippen molar-refractivity contribution in [2.24, 2.45) is 5.92 Å². The summed E-state index contributed by atoms with van der Waals surface area (Å²) in [6.07, 6.45) is -2.42. The summed E-state index contributed by atoms with van der Waals surface area (Å²) in [5.74, 6) is -0.974. The fourth-order valence-corrected chi connectivity index (χ4v) is 3.45. The molecule has 198 valence electrons. The van der Waals surface area contributed by atoms with Crippen LogP contribution in [0.5, 0.6) is 5.75 Å². The molecule has 12 heteroatoms. The van der Waals surface area contributed by atoms with E-state index in [0.717, 1.165) is 0 Å². The van der Waals surface area contributed by atoms with Crippen LogP contribution in [0.15, 0.2) is 24.3 Å². The monoisotopic (exact) mass is 507 g/mol. The number of aliphatic hydroxyl groups is 2. The molecule has 12 nitrogen and oxygen atoms in total. The summed E-state index contributed by atoms with van der Waals surface area (Å²) in [6.45, 7) is 4.78. The van der Waals surface area contributed by atoms with Gasteiger partial charge in [0.05, 0.1) is 24.9 Å². The van der Waals surface area contributed by atoms with E-state index in [0.29, 0.717) is 17.5 Å². The Morgan fingerprint density at radius 1 is 1.28 bits per heavy atom. The number of nitrogens with zero attached hydrogens (tertiary/aromatic N) is 2. The van der Waals surface area contributed by atoms with Crippen LogP contribution in [0, 0.1) is 5.92 Å². The molecule has 0 aliphatic carbocycles. The van der Waals surface area contributed by atoms with Crippen molar-refractivity contribution in [1.29, 1.82) is 0 Å². The SMILES string of the molecule is CC(C)OC(=O)[C@H](CCC(=O)C=[N+]=[N-])NC(=O)OCc1ccc(O[C@@H]2C[C@@H](O)[C@@H](C)[C@@H](CO)O2)cc1. The van der Waals surface area contributed by atoms with Crippen molar-refractivity contribution in [2.45, 2.75) is 77.3 Å². The number of hydrogen-bond donors (Lipinski definition) is 3. The smallest absolute Gasteiger partial charge is 0.408 e. The molecule has 0 spiro atoms. The Kier molecular flexibility index (Phi) is 11.5. The van der Waals surface area contributed by atoms with Gasteiger partial charge in [0.2, 0.25) is 12.1 Å². The highest BCUT2D eigenvalue weighted by Gasteiger charge is 2.35. The first-order chi connectivity index (χ1) is 17.1. The highest BCUT2D eigenvalue weighted by Crippen LogP contribution is 2.27. The molecule has 1 aromatic rings. The van der Waals surface area contributed by atoms with E-state index in [1.807, 2.05) is 0 Å². The Morgan fingerprint density at radius 2 is 1.97 bits per heavy atom. The number of nitrogens with one attached hydrogen (secondary N) is 1. The summed E-state index contributed by atoms with van der Waals surface area (Å²) in [5, 5.41) is 21.9. The zero-order valence-electron chi connectivity index (χ0n) is 20.5. The maximum Gasteiger partial charge on any atom is 0.408 e. The van der Waals surface area contributed by atoms with Gasteiger partial charge in [-0.15, -0.1) is 0 Å². The molecule has 0 unspecified atom stereocenters. The standard InChI is InChI=1S/C24H33N3O9/c1-14(2)34-23(31)19(9-6-17(29)11-26-25)27-24(32)33-13-16-4-7-18(8-5-16)35-22-10-20(30)15(3)21(12-28)36-22/h4-5,7-8,11,14-15,19-22,28,30H,6,9-10,12-13H2,1-3H3,(H,27,32)/t15-,19+,20-,21-,22+/m1/s1. The number of esters is 1. The minimum Gasteiger partial charge on any atom is -0.465 e. The fraction of sp³-hybridized carbons (Fsp3) is 0.583. The van der Waals surface area contributed by atoms with Gasteiger partial charge < -0.3 is 40.0 Å². The van der Waals surface area contributed by atoms with E-state index in [1.54, 1.807) is 45.0 Å². The maximum absolute atomic E-state index is 12.3. The summed E-state index contributed by atoms with van der Waals surface area (Å²) in [6, 6.07) is 5.52. The topological polar surface area (TPSA) is 177 Å². The number of aliphatic hydroxyl groups excluding tert-OH is 2. The molecule has 1 saturated heterocycles. The predicted molar refractivity (Wildman–Crippen MR) is 125 cm³/mol. The first kappa shape index (κ1) is 28.9. The number of Topliss-reactive ketones (excluding diaryl/α,β-unsaturated/α-hetero) is 1. The third-order valence-corrected chi connectivity index (χ3v) is 5.50. The molecule has 0 radical (unpaired) electrons. The first-order valence-corrected chi connectivity index (χ1v) is 11.7. The lowest BCUT2D eigenvalue weighted by Gasteiger charge is -2.37. The second-order valence-corrected chi connectivity index (χ2v) is 8.72. The van der Waals surface area contributed by atoms with Crippen molar-refractivity contribution in [3.05, 3.63) is 35.4 Å². The zero-order valence-corrected chi connectivity index (χ0v) is 20.5. The molecule has 1 aliphatic rings. The third-order valence-electron chi connectivity index (χ3n) is 5.50. The average molecular weight is 508 g/mol. The van der Waals surface area contributed by atoms with Crippen LogP contribution < -0.4 is 10.1 Å². The van der Waals surface area contributed by atoms with Crippen molar-refractivity contribution in [3.63, 3.8) is 0 Å². The highest BCUT2D eigenvalue weighted by molar-refractivity contribution is 6.25. The lowest BCUT2D eigenvalue weighted by molar-refractivity contribution is -0.207. The number of carbonyl (C=O) groups is 3. The van der Waals surface area contributed by atoms with Crippen LogP contribution in [-0.2, 0) is 30.4 Å². The Bertz CT molecular complexity index is 931. The highest BCUT2D eigenvalue weighted by atomic mass is 16.7. The third kappa shape index (κ3) is 9.38. The molecule has 0 aromatic heterocycles. The molecule has 1 aromatic carbocycles. The van der Waals surface area contributed by atoms with Crippen LogP contribution in [0.1, 0.15) is 45.6 Å². The largest absolute Gasteiger partial charge is 0.465 e. The van der Waals surface area contributed by atoms with Crippen LogP contribution in [0.3, 0.4) is 0 Å². The van der Waals surface area contributed by atoms with Crippen LogP contribution in [0.2, 0.25) is 0 Å². The summed E-state index contributed by atoms with van der Waals surface area (Å²) < 4.78 is 21.7. The summed E-state index contributed by atoms with van der Waals surface area (Å²) >= 11 is 0. The number of ether oxygens (including phenoxy) is 4. The molecule has 36 heavy (non-hydrogen) atoms. The van der Waals surface area contributed by atoms with E-state index in [2.05, 4.69) is 10.1 Å². The van der Waals surface area contributed by atoms with Crippen molar-refractivity contribution >= 4 is 24.1 Å². The minimum absolute atomic E-state index is 0.0641. The molecule has 3 N–H and O–H groups in total. The summed E-state index contributed by atoms with van der Waals surface area (Å²) in [5.41, 5.74) is 9.07. The summed E-state index contributed by atoms with van der Waals surface area (Å²) in [7, 11) is 0. The van der Waals surface area contributed by atoms with E-state index in [9.17, 15) is 24.6 Å². The van der Waals surface area contributed by atoms with Gasteiger partial charge in [0.15, 0.2) is 0 Å². The molecule has 2 rings (SSSR count). The van der Waals surface area contributed by atoms with Gasteiger partial charge in [0, 0.05) is 18.8 Å². The lowest BCUT2D eigenvalue weighted by atomic mass is 9.93. The molecule has 0 bridgehead atoms. The number of benzene rings is 1. The number of hydrogen-bond acceptors (Lipinski definition) is 9. The van der Waals surface area contributed by atoms with Gasteiger partial charge >= 0.3 is 18.3 Å². The van der Waals surface area contributed by atoms with E-state index in [1.165, 1.54) is 0 Å². The molecular weight excluding hydrogens is 474 g/mol. The zero-order chi connectivity index (χ0) is 26.7. The molecule has 0 saturated carbocycles. The molecule has 1 heterocycles. The van der Waals surface area contributed by atoms with E-state index in [4.69, 9.17) is 24.5 Å². The van der Waals surface area contributed by atoms with E-state index < -0.39 is 48.5 Å². The van der Waals surface area contributed by atoms with Gasteiger partial charge in [-0.05, 0) is 38.0 Å². The van der Waals surface area contributed by atoms with Crippen molar-refractivity contribution in [1.82, 2.24) is 5.32 Å². The summed E-state index contributed by atoms with van der Waals surface area (Å²) in [4.78, 5) is 38.7. The number of alkyl carbamates (subject to hydrolysis) is 1. The Morgan fingerprint density at radius 3 is 2.58 bits per heavy atom. The average Bonchev–Trinajstić information content (AvgIpc) is 2.83. The molecule has 1 amide bonds. The number of carbonyl (C=O) groups excluding carboxylic acids is 3. The number of amides is 1. The number of rotatable bonds is 12. The predicted octanol–water partition coefficient (Wildman–Crippen LogP) is 1.37. The van der Waals surface area contributed by atoms with E-state index in [-0.39, 0.29) is 38.4 Å².